The Morgan fingerprint density at radius 1 is 1.33 bits per heavy atom. The van der Waals surface area contributed by atoms with Gasteiger partial charge in [0.05, 0.1) is 0 Å². The zero-order chi connectivity index (χ0) is 19.7. The molecule has 1 aliphatic carbocycles. The highest BCUT2D eigenvalue weighted by molar-refractivity contribution is 5.92. The quantitative estimate of drug-likeness (QED) is 0.548. The van der Waals surface area contributed by atoms with E-state index in [0.29, 0.717) is 0 Å². The fourth-order valence-electron chi connectivity index (χ4n) is 3.32. The number of alkyl halides is 3. The lowest BCUT2D eigenvalue weighted by atomic mass is 9.98. The first kappa shape index (κ1) is 19.2. The van der Waals surface area contributed by atoms with Gasteiger partial charge in [0.2, 0.25) is 5.60 Å². The first-order chi connectivity index (χ1) is 12.7. The Kier molecular flexibility index (Phi) is 5.14. The molecule has 0 amide bonds. The zero-order valence-electron chi connectivity index (χ0n) is 14.9. The molecule has 0 spiro atoms. The number of nitrogens with zero attached hydrogens (tertiary/aromatic N) is 3. The van der Waals surface area contributed by atoms with E-state index in [-0.39, 0.29) is 12.5 Å². The molecule has 0 radical (unpaired) electrons. The molecular formula is C18H22F3N5O. The number of benzene rings is 1. The van der Waals surface area contributed by atoms with E-state index in [1.165, 1.54) is 30.6 Å². The summed E-state index contributed by atoms with van der Waals surface area (Å²) >= 11 is 0. The van der Waals surface area contributed by atoms with Crippen LogP contribution >= 0.6 is 0 Å². The van der Waals surface area contributed by atoms with Crippen molar-refractivity contribution in [1.82, 2.24) is 9.55 Å². The number of aryl methyl sites for hydroxylation is 3. The van der Waals surface area contributed by atoms with Gasteiger partial charge < -0.3 is 20.7 Å². The van der Waals surface area contributed by atoms with Gasteiger partial charge in [-0.25, -0.2) is 4.98 Å². The Labute approximate surface area is 154 Å². The zero-order valence-corrected chi connectivity index (χ0v) is 14.9. The molecule has 1 aliphatic rings. The summed E-state index contributed by atoms with van der Waals surface area (Å²) in [4.78, 5) is 7.59. The molecule has 0 aliphatic heterocycles. The number of nitrogens with one attached hydrogen (secondary N) is 1. The van der Waals surface area contributed by atoms with Crippen LogP contribution in [0.4, 0.5) is 18.9 Å². The number of imidazole rings is 1. The predicted molar refractivity (Wildman–Crippen MR) is 96.4 cm³/mol. The average molecular weight is 381 g/mol. The third kappa shape index (κ3) is 3.92. The van der Waals surface area contributed by atoms with E-state index in [4.69, 9.17) is 5.73 Å². The number of hydrogen-bond acceptors (Lipinski definition) is 3. The number of hydrogen-bond donors (Lipinski definition) is 3. The molecule has 1 aromatic heterocycles. The molecule has 146 valence electrons. The number of aliphatic imine (C=N–C) groups is 1. The summed E-state index contributed by atoms with van der Waals surface area (Å²) in [6.45, 7) is -0.313. The minimum Gasteiger partial charge on any atom is -0.374 e. The Morgan fingerprint density at radius 2 is 2.07 bits per heavy atom. The summed E-state index contributed by atoms with van der Waals surface area (Å²) in [5.41, 5.74) is 5.99. The van der Waals surface area contributed by atoms with Crippen LogP contribution in [0.5, 0.6) is 0 Å². The van der Waals surface area contributed by atoms with Gasteiger partial charge in [-0.1, -0.05) is 6.07 Å². The normalized spacial score (nSPS) is 16.9. The van der Waals surface area contributed by atoms with Gasteiger partial charge in [-0.3, -0.25) is 4.99 Å². The second kappa shape index (κ2) is 7.22. The van der Waals surface area contributed by atoms with Crippen LogP contribution in [0.15, 0.2) is 35.6 Å². The van der Waals surface area contributed by atoms with Crippen LogP contribution < -0.4 is 11.1 Å². The topological polar surface area (TPSA) is 88.5 Å². The lowest BCUT2D eigenvalue weighted by Gasteiger charge is -2.29. The van der Waals surface area contributed by atoms with Crippen molar-refractivity contribution in [3.8, 4) is 0 Å². The van der Waals surface area contributed by atoms with Crippen LogP contribution in [0.25, 0.3) is 0 Å². The standard InChI is InChI=1S/C18H22F3N5O/c1-26-10-9-23-15(26)17(27,18(19,20)21)7-8-24-16(22)25-14-6-5-12-3-2-4-13(12)11-14/h5-6,9-11,27H,2-4,7-8H2,1H3,(H3,22,24,25). The third-order valence-electron chi connectivity index (χ3n) is 4.79. The second-order valence-corrected chi connectivity index (χ2v) is 6.70. The maximum absolute atomic E-state index is 13.4. The van der Waals surface area contributed by atoms with Crippen LogP contribution in [0.1, 0.15) is 29.8 Å². The monoisotopic (exact) mass is 381 g/mol. The molecule has 0 bridgehead atoms. The molecule has 1 atom stereocenters. The minimum atomic E-state index is -4.89. The largest absolute Gasteiger partial charge is 0.424 e. The lowest BCUT2D eigenvalue weighted by Crippen LogP contribution is -2.45. The molecule has 1 heterocycles. The van der Waals surface area contributed by atoms with E-state index >= 15 is 0 Å². The average Bonchev–Trinajstić information content (AvgIpc) is 3.21. The summed E-state index contributed by atoms with van der Waals surface area (Å²) in [5, 5.41) is 13.1. The molecule has 9 heteroatoms. The van der Waals surface area contributed by atoms with E-state index in [0.717, 1.165) is 29.5 Å². The van der Waals surface area contributed by atoms with E-state index in [2.05, 4.69) is 15.3 Å². The Bertz CT molecular complexity index is 846. The fourth-order valence-corrected chi connectivity index (χ4v) is 3.32. The summed E-state index contributed by atoms with van der Waals surface area (Å²) in [6.07, 6.45) is 0.161. The van der Waals surface area contributed by atoms with Crippen molar-refractivity contribution in [3.05, 3.63) is 47.5 Å². The molecule has 1 aromatic carbocycles. The third-order valence-corrected chi connectivity index (χ3v) is 4.79. The number of halogens is 3. The molecular weight excluding hydrogens is 359 g/mol. The van der Waals surface area contributed by atoms with Gasteiger partial charge in [-0.15, -0.1) is 0 Å². The van der Waals surface area contributed by atoms with E-state index in [1.807, 2.05) is 18.2 Å². The Balaban J connectivity index is 1.68. The molecule has 0 saturated heterocycles. The molecule has 1 unspecified atom stereocenters. The first-order valence-electron chi connectivity index (χ1n) is 8.66. The van der Waals surface area contributed by atoms with Gasteiger partial charge in [0, 0.05) is 38.1 Å². The smallest absolute Gasteiger partial charge is 0.374 e. The van der Waals surface area contributed by atoms with Crippen molar-refractivity contribution < 1.29 is 18.3 Å². The van der Waals surface area contributed by atoms with Crippen molar-refractivity contribution in [2.75, 3.05) is 11.9 Å². The van der Waals surface area contributed by atoms with Crippen LogP contribution in [0.2, 0.25) is 0 Å². The summed E-state index contributed by atoms with van der Waals surface area (Å²) < 4.78 is 41.5. The summed E-state index contributed by atoms with van der Waals surface area (Å²) in [7, 11) is 1.39. The van der Waals surface area contributed by atoms with E-state index in [1.54, 1.807) is 0 Å². The number of aliphatic hydroxyl groups is 1. The lowest BCUT2D eigenvalue weighted by molar-refractivity contribution is -0.272. The molecule has 27 heavy (non-hydrogen) atoms. The van der Waals surface area contributed by atoms with Gasteiger partial charge in [-0.05, 0) is 42.5 Å². The molecule has 6 nitrogen and oxygen atoms in total. The fraction of sp³-hybridized carbons (Fsp3) is 0.444. The van der Waals surface area contributed by atoms with E-state index in [9.17, 15) is 18.3 Å². The highest BCUT2D eigenvalue weighted by Crippen LogP contribution is 2.40. The molecule has 3 rings (SSSR count). The van der Waals surface area contributed by atoms with Crippen LogP contribution in [-0.2, 0) is 25.5 Å². The Morgan fingerprint density at radius 3 is 2.74 bits per heavy atom. The predicted octanol–water partition coefficient (Wildman–Crippen LogP) is 2.48. The van der Waals surface area contributed by atoms with Crippen molar-refractivity contribution in [3.63, 3.8) is 0 Å². The molecule has 2 aromatic rings. The van der Waals surface area contributed by atoms with Gasteiger partial charge in [-0.2, -0.15) is 13.2 Å². The number of fused-ring (bicyclic) bond motifs is 1. The number of rotatable bonds is 5. The van der Waals surface area contributed by atoms with Gasteiger partial charge in [0.25, 0.3) is 0 Å². The van der Waals surface area contributed by atoms with Gasteiger partial charge >= 0.3 is 6.18 Å². The van der Waals surface area contributed by atoms with Gasteiger partial charge in [0.15, 0.2) is 5.96 Å². The minimum absolute atomic E-state index is 0.00249. The van der Waals surface area contributed by atoms with E-state index < -0.39 is 24.0 Å². The number of anilines is 1. The summed E-state index contributed by atoms with van der Waals surface area (Å²) in [5.74, 6) is -0.479. The molecule has 0 fully saturated rings. The van der Waals surface area contributed by atoms with Crippen molar-refractivity contribution in [2.45, 2.75) is 37.5 Å². The number of guanidine groups is 1. The van der Waals surface area contributed by atoms with Gasteiger partial charge in [0.1, 0.15) is 5.82 Å². The highest BCUT2D eigenvalue weighted by Gasteiger charge is 2.57. The number of nitrogens with two attached hydrogens (primary N) is 1. The van der Waals surface area contributed by atoms with Crippen LogP contribution in [0, 0.1) is 0 Å². The first-order valence-corrected chi connectivity index (χ1v) is 8.66. The Hall–Kier alpha value is -2.55. The maximum Gasteiger partial charge on any atom is 0.424 e. The summed E-state index contributed by atoms with van der Waals surface area (Å²) in [6, 6.07) is 5.86. The number of aromatic nitrogens is 2. The van der Waals surface area contributed by atoms with Crippen molar-refractivity contribution in [1.29, 1.82) is 0 Å². The molecule has 0 saturated carbocycles. The van der Waals surface area contributed by atoms with Crippen LogP contribution in [-0.4, -0.2) is 33.3 Å². The molecule has 4 N–H and O–H groups in total. The second-order valence-electron chi connectivity index (χ2n) is 6.70. The highest BCUT2D eigenvalue weighted by atomic mass is 19.4. The van der Waals surface area contributed by atoms with Crippen molar-refractivity contribution in [2.24, 2.45) is 17.8 Å². The van der Waals surface area contributed by atoms with Crippen LogP contribution in [0.3, 0.4) is 0 Å². The maximum atomic E-state index is 13.4. The van der Waals surface area contributed by atoms with Crippen molar-refractivity contribution >= 4 is 11.6 Å². The SMILES string of the molecule is Cn1ccnc1C(O)(CCN=C(N)Nc1ccc2c(c1)CCC2)C(F)(F)F.